The number of amides is 1. The number of ether oxygens (including phenoxy) is 2. The van der Waals surface area contributed by atoms with Crippen molar-refractivity contribution < 1.29 is 19.1 Å². The maximum absolute atomic E-state index is 12.8. The number of aromatic nitrogens is 4. The molecule has 1 atom stereocenters. The largest absolute Gasteiger partial charge is 0.458 e. The molecule has 0 saturated carbocycles. The number of carbonyl (C=O) groups is 2. The van der Waals surface area contributed by atoms with Gasteiger partial charge in [-0.1, -0.05) is 0 Å². The lowest BCUT2D eigenvalue weighted by atomic mass is 10.1. The molecule has 0 aromatic carbocycles. The number of hydrogen-bond donors (Lipinski definition) is 1. The van der Waals surface area contributed by atoms with E-state index in [9.17, 15) is 9.59 Å². The summed E-state index contributed by atoms with van der Waals surface area (Å²) >= 11 is 1.34. The molecule has 3 aromatic heterocycles. The smallest absolute Gasteiger partial charge is 0.408 e. The summed E-state index contributed by atoms with van der Waals surface area (Å²) in [6, 6.07) is 2.60. The standard InChI is InChI=1S/C22H26N6O4S/c1-21(2,3)31-19(29)15(26-20(30)32-22(4,5)6)8-18-25-16(12-33-18)13-10-24-17-7-14(9-23)27-28(17)11-13/h7,10-12,15H,8H2,1-6H3,(H,26,30)/t15-/m0/s1. The van der Waals surface area contributed by atoms with E-state index in [1.807, 2.05) is 11.4 Å². The Bertz CT molecular complexity index is 1210. The van der Waals surface area contributed by atoms with E-state index in [0.717, 1.165) is 0 Å². The van der Waals surface area contributed by atoms with Gasteiger partial charge in [0.15, 0.2) is 11.3 Å². The molecule has 1 amide bonds. The van der Waals surface area contributed by atoms with E-state index in [2.05, 4.69) is 20.4 Å². The summed E-state index contributed by atoms with van der Waals surface area (Å²) < 4.78 is 12.3. The lowest BCUT2D eigenvalue weighted by Crippen LogP contribution is -2.47. The molecule has 33 heavy (non-hydrogen) atoms. The Morgan fingerprint density at radius 2 is 1.91 bits per heavy atom. The third kappa shape index (κ3) is 6.73. The normalized spacial score (nSPS) is 12.8. The summed E-state index contributed by atoms with van der Waals surface area (Å²) in [5, 5.41) is 18.2. The first-order chi connectivity index (χ1) is 15.3. The number of hydrogen-bond acceptors (Lipinski definition) is 9. The van der Waals surface area contributed by atoms with Crippen LogP contribution in [0.1, 0.15) is 52.2 Å². The van der Waals surface area contributed by atoms with Crippen molar-refractivity contribution in [2.45, 2.75) is 65.2 Å². The van der Waals surface area contributed by atoms with Crippen molar-refractivity contribution in [3.05, 3.63) is 34.5 Å². The molecule has 0 spiro atoms. The average molecular weight is 471 g/mol. The minimum atomic E-state index is -0.969. The van der Waals surface area contributed by atoms with Crippen molar-refractivity contribution in [3.8, 4) is 17.3 Å². The van der Waals surface area contributed by atoms with E-state index in [1.165, 1.54) is 15.9 Å². The van der Waals surface area contributed by atoms with E-state index in [-0.39, 0.29) is 12.1 Å². The van der Waals surface area contributed by atoms with Crippen molar-refractivity contribution >= 4 is 29.0 Å². The molecule has 10 nitrogen and oxygen atoms in total. The Morgan fingerprint density at radius 1 is 1.21 bits per heavy atom. The van der Waals surface area contributed by atoms with Crippen molar-refractivity contribution in [2.24, 2.45) is 0 Å². The lowest BCUT2D eigenvalue weighted by Gasteiger charge is -2.26. The van der Waals surface area contributed by atoms with Crippen LogP contribution in [0.5, 0.6) is 0 Å². The minimum absolute atomic E-state index is 0.134. The van der Waals surface area contributed by atoms with Crippen molar-refractivity contribution in [1.82, 2.24) is 24.9 Å². The molecule has 174 valence electrons. The molecule has 3 rings (SSSR count). The van der Waals surface area contributed by atoms with Crippen LogP contribution in [0, 0.1) is 11.3 Å². The molecule has 0 fully saturated rings. The van der Waals surface area contributed by atoms with Crippen LogP contribution in [0.15, 0.2) is 23.8 Å². The molecule has 1 N–H and O–H groups in total. The van der Waals surface area contributed by atoms with Crippen LogP contribution in [0.25, 0.3) is 16.9 Å². The molecule has 0 bridgehead atoms. The number of esters is 1. The van der Waals surface area contributed by atoms with Gasteiger partial charge in [-0.2, -0.15) is 10.4 Å². The zero-order chi connectivity index (χ0) is 24.4. The van der Waals surface area contributed by atoms with Crippen molar-refractivity contribution in [1.29, 1.82) is 5.26 Å². The molecule has 0 aliphatic carbocycles. The third-order valence-corrected chi connectivity index (χ3v) is 4.91. The number of fused-ring (bicyclic) bond motifs is 1. The second-order valence-corrected chi connectivity index (χ2v) is 10.3. The average Bonchev–Trinajstić information content (AvgIpc) is 3.30. The van der Waals surface area contributed by atoms with Crippen LogP contribution in [-0.2, 0) is 20.7 Å². The second kappa shape index (κ2) is 9.15. The van der Waals surface area contributed by atoms with E-state index >= 15 is 0 Å². The van der Waals surface area contributed by atoms with Gasteiger partial charge in [0.05, 0.1) is 10.7 Å². The number of nitrogens with one attached hydrogen (secondary N) is 1. The molecule has 0 aliphatic rings. The predicted octanol–water partition coefficient (Wildman–Crippen LogP) is 3.50. The maximum Gasteiger partial charge on any atom is 0.408 e. The maximum atomic E-state index is 12.8. The molecule has 3 aromatic rings. The van der Waals surface area contributed by atoms with Gasteiger partial charge in [-0.3, -0.25) is 0 Å². The molecular weight excluding hydrogens is 444 g/mol. The molecular formula is C22H26N6O4S. The summed E-state index contributed by atoms with van der Waals surface area (Å²) in [5.41, 5.74) is 0.738. The number of alkyl carbamates (subject to hydrolysis) is 1. The summed E-state index contributed by atoms with van der Waals surface area (Å²) in [6.07, 6.45) is 2.79. The molecule has 0 radical (unpaired) electrons. The lowest BCUT2D eigenvalue weighted by molar-refractivity contribution is -0.157. The Hall–Kier alpha value is -3.52. The van der Waals surface area contributed by atoms with Gasteiger partial charge in [-0.25, -0.2) is 24.1 Å². The molecule has 0 aliphatic heterocycles. The Morgan fingerprint density at radius 3 is 2.55 bits per heavy atom. The van der Waals surface area contributed by atoms with E-state index < -0.39 is 29.3 Å². The van der Waals surface area contributed by atoms with Gasteiger partial charge in [0.1, 0.15) is 23.3 Å². The van der Waals surface area contributed by atoms with E-state index in [0.29, 0.717) is 21.9 Å². The van der Waals surface area contributed by atoms with Gasteiger partial charge in [-0.15, -0.1) is 11.3 Å². The Kier molecular flexibility index (Phi) is 6.69. The number of carbonyl (C=O) groups excluding carboxylic acids is 2. The van der Waals surface area contributed by atoms with Gasteiger partial charge in [0.25, 0.3) is 0 Å². The topological polar surface area (TPSA) is 132 Å². The first-order valence-corrected chi connectivity index (χ1v) is 11.1. The molecule has 11 heteroatoms. The number of rotatable bonds is 5. The van der Waals surface area contributed by atoms with E-state index in [4.69, 9.17) is 14.7 Å². The van der Waals surface area contributed by atoms with Gasteiger partial charge in [0.2, 0.25) is 0 Å². The van der Waals surface area contributed by atoms with Gasteiger partial charge in [-0.05, 0) is 41.5 Å². The third-order valence-electron chi connectivity index (χ3n) is 4.04. The summed E-state index contributed by atoms with van der Waals surface area (Å²) in [7, 11) is 0. The van der Waals surface area contributed by atoms with Gasteiger partial charge < -0.3 is 14.8 Å². The summed E-state index contributed by atoms with van der Waals surface area (Å²) in [5.74, 6) is -0.575. The monoisotopic (exact) mass is 470 g/mol. The Balaban J connectivity index is 1.80. The fourth-order valence-electron chi connectivity index (χ4n) is 2.79. The predicted molar refractivity (Wildman–Crippen MR) is 122 cm³/mol. The quantitative estimate of drug-likeness (QED) is 0.561. The van der Waals surface area contributed by atoms with Crippen LogP contribution in [0.4, 0.5) is 4.79 Å². The minimum Gasteiger partial charge on any atom is -0.458 e. The summed E-state index contributed by atoms with van der Waals surface area (Å²) in [4.78, 5) is 34.0. The zero-order valence-electron chi connectivity index (χ0n) is 19.4. The SMILES string of the molecule is CC(C)(C)OC(=O)N[C@@H](Cc1nc(-c2cnc3cc(C#N)nn3c2)cs1)C(=O)OC(C)(C)C. The van der Waals surface area contributed by atoms with Crippen LogP contribution in [0.3, 0.4) is 0 Å². The number of nitriles is 1. The fourth-order valence-corrected chi connectivity index (χ4v) is 3.64. The highest BCUT2D eigenvalue weighted by Crippen LogP contribution is 2.23. The zero-order valence-corrected chi connectivity index (χ0v) is 20.2. The van der Waals surface area contributed by atoms with Crippen molar-refractivity contribution in [2.75, 3.05) is 0 Å². The Labute approximate surface area is 195 Å². The van der Waals surface area contributed by atoms with Gasteiger partial charge in [0, 0.05) is 35.8 Å². The van der Waals surface area contributed by atoms with Crippen LogP contribution >= 0.6 is 11.3 Å². The van der Waals surface area contributed by atoms with Crippen LogP contribution in [0.2, 0.25) is 0 Å². The highest BCUT2D eigenvalue weighted by Gasteiger charge is 2.30. The first kappa shape index (κ1) is 24.1. The number of nitrogens with zero attached hydrogens (tertiary/aromatic N) is 5. The van der Waals surface area contributed by atoms with Crippen molar-refractivity contribution in [3.63, 3.8) is 0 Å². The van der Waals surface area contributed by atoms with E-state index in [1.54, 1.807) is 60.0 Å². The second-order valence-electron chi connectivity index (χ2n) is 9.35. The first-order valence-electron chi connectivity index (χ1n) is 10.3. The van der Waals surface area contributed by atoms with Gasteiger partial charge >= 0.3 is 12.1 Å². The van der Waals surface area contributed by atoms with Crippen LogP contribution in [-0.4, -0.2) is 48.9 Å². The number of thiazole rings is 1. The summed E-state index contributed by atoms with van der Waals surface area (Å²) in [6.45, 7) is 10.5. The molecule has 0 unspecified atom stereocenters. The van der Waals surface area contributed by atoms with Crippen LogP contribution < -0.4 is 5.32 Å². The molecule has 0 saturated heterocycles. The fraction of sp³-hybridized carbons (Fsp3) is 0.455. The molecule has 3 heterocycles. The highest BCUT2D eigenvalue weighted by atomic mass is 32.1. The highest BCUT2D eigenvalue weighted by molar-refractivity contribution is 7.10.